The van der Waals surface area contributed by atoms with Crippen LogP contribution in [-0.2, 0) is 24.8 Å². The van der Waals surface area contributed by atoms with E-state index in [0.29, 0.717) is 13.1 Å². The maximum absolute atomic E-state index is 12.7. The van der Waals surface area contributed by atoms with Crippen molar-refractivity contribution in [3.8, 4) is 0 Å². The molecule has 2 rings (SSSR count). The van der Waals surface area contributed by atoms with Gasteiger partial charge in [0.2, 0.25) is 26.0 Å². The first-order chi connectivity index (χ1) is 14.0. The number of hydrogen-bond acceptors (Lipinski definition) is 6. The van der Waals surface area contributed by atoms with Gasteiger partial charge in [-0.15, -0.1) is 0 Å². The maximum Gasteiger partial charge on any atom is 0.244 e. The SMILES string of the molecule is CCN(CC)S(=O)(=O)c1ccc(Cl)c(NC(=O)CN(C)S(=O)(=O)c2cccnc2)c1. The number of carbonyl (C=O) groups is 1. The van der Waals surface area contributed by atoms with E-state index in [1.807, 2.05) is 0 Å². The van der Waals surface area contributed by atoms with Crippen LogP contribution in [0.3, 0.4) is 0 Å². The number of anilines is 1. The minimum absolute atomic E-state index is 0.0257. The van der Waals surface area contributed by atoms with Crippen LogP contribution in [0.2, 0.25) is 5.02 Å². The molecule has 0 radical (unpaired) electrons. The number of nitrogens with one attached hydrogen (secondary N) is 1. The van der Waals surface area contributed by atoms with Crippen LogP contribution >= 0.6 is 11.6 Å². The average molecular weight is 475 g/mol. The Morgan fingerprint density at radius 2 is 1.73 bits per heavy atom. The van der Waals surface area contributed by atoms with E-state index >= 15 is 0 Å². The molecular formula is C18H23ClN4O5S2. The molecule has 9 nitrogen and oxygen atoms in total. The van der Waals surface area contributed by atoms with Gasteiger partial charge < -0.3 is 5.32 Å². The lowest BCUT2D eigenvalue weighted by molar-refractivity contribution is -0.116. The van der Waals surface area contributed by atoms with Crippen molar-refractivity contribution in [3.05, 3.63) is 47.7 Å². The molecule has 0 aliphatic rings. The Balaban J connectivity index is 2.21. The molecular weight excluding hydrogens is 452 g/mol. The van der Waals surface area contributed by atoms with Crippen LogP contribution in [0.25, 0.3) is 0 Å². The van der Waals surface area contributed by atoms with E-state index in [4.69, 9.17) is 11.6 Å². The normalized spacial score (nSPS) is 12.3. The Morgan fingerprint density at radius 1 is 1.07 bits per heavy atom. The van der Waals surface area contributed by atoms with E-state index in [1.54, 1.807) is 13.8 Å². The van der Waals surface area contributed by atoms with Gasteiger partial charge in [0, 0.05) is 32.5 Å². The van der Waals surface area contributed by atoms with Crippen molar-refractivity contribution >= 4 is 43.2 Å². The number of carbonyl (C=O) groups excluding carboxylic acids is 1. The number of benzene rings is 1. The Kier molecular flexibility index (Phi) is 7.94. The minimum atomic E-state index is -3.91. The van der Waals surface area contributed by atoms with Crippen LogP contribution in [-0.4, -0.2) is 63.0 Å². The Hall–Kier alpha value is -2.05. The fourth-order valence-corrected chi connectivity index (χ4v) is 5.37. The molecule has 2 aromatic rings. The van der Waals surface area contributed by atoms with Crippen molar-refractivity contribution in [2.45, 2.75) is 23.6 Å². The average Bonchev–Trinajstić information content (AvgIpc) is 2.70. The summed E-state index contributed by atoms with van der Waals surface area (Å²) in [6, 6.07) is 6.81. The summed E-state index contributed by atoms with van der Waals surface area (Å²) in [5.74, 6) is -0.677. The van der Waals surface area contributed by atoms with Crippen LogP contribution in [0.5, 0.6) is 0 Å². The zero-order chi connectivity index (χ0) is 22.5. The number of rotatable bonds is 9. The summed E-state index contributed by atoms with van der Waals surface area (Å²) in [7, 11) is -6.41. The number of halogens is 1. The summed E-state index contributed by atoms with van der Waals surface area (Å²) < 4.78 is 52.5. The third-order valence-corrected chi connectivity index (χ3v) is 8.43. The maximum atomic E-state index is 12.7. The fourth-order valence-electron chi connectivity index (χ4n) is 2.63. The minimum Gasteiger partial charge on any atom is -0.324 e. The first-order valence-corrected chi connectivity index (χ1v) is 12.3. The van der Waals surface area contributed by atoms with E-state index < -0.39 is 32.5 Å². The number of likely N-dealkylation sites (N-methyl/N-ethyl adjacent to an activating group) is 1. The van der Waals surface area contributed by atoms with E-state index in [9.17, 15) is 21.6 Å². The molecule has 0 atom stereocenters. The van der Waals surface area contributed by atoms with Gasteiger partial charge in [0.05, 0.1) is 22.2 Å². The van der Waals surface area contributed by atoms with Gasteiger partial charge >= 0.3 is 0 Å². The standard InChI is InChI=1S/C18H23ClN4O5S2/c1-4-23(5-2)30(27,28)14-8-9-16(19)17(11-14)21-18(24)13-22(3)29(25,26)15-7-6-10-20-12-15/h6-12H,4-5,13H2,1-3H3,(H,21,24). The summed E-state index contributed by atoms with van der Waals surface area (Å²) in [6.07, 6.45) is 2.62. The molecule has 0 saturated heterocycles. The fraction of sp³-hybridized carbons (Fsp3) is 0.333. The van der Waals surface area contributed by atoms with Gasteiger partial charge in [0.15, 0.2) is 0 Å². The van der Waals surface area contributed by atoms with Crippen molar-refractivity contribution < 1.29 is 21.6 Å². The molecule has 1 aromatic carbocycles. The van der Waals surface area contributed by atoms with Crippen molar-refractivity contribution in [1.82, 2.24) is 13.6 Å². The molecule has 0 unspecified atom stereocenters. The first kappa shape index (κ1) is 24.2. The zero-order valence-electron chi connectivity index (χ0n) is 16.7. The first-order valence-electron chi connectivity index (χ1n) is 9.00. The summed E-state index contributed by atoms with van der Waals surface area (Å²) >= 11 is 6.10. The van der Waals surface area contributed by atoms with Crippen molar-refractivity contribution in [2.75, 3.05) is 32.0 Å². The number of aromatic nitrogens is 1. The van der Waals surface area contributed by atoms with Gasteiger partial charge in [0.25, 0.3) is 0 Å². The molecule has 1 heterocycles. The van der Waals surface area contributed by atoms with Gasteiger partial charge in [-0.3, -0.25) is 9.78 Å². The smallest absolute Gasteiger partial charge is 0.244 e. The van der Waals surface area contributed by atoms with Gasteiger partial charge in [-0.2, -0.15) is 8.61 Å². The second-order valence-corrected chi connectivity index (χ2v) is 10.6. The highest BCUT2D eigenvalue weighted by molar-refractivity contribution is 7.89. The van der Waals surface area contributed by atoms with Crippen LogP contribution < -0.4 is 5.32 Å². The predicted molar refractivity (Wildman–Crippen MR) is 114 cm³/mol. The summed E-state index contributed by atoms with van der Waals surface area (Å²) in [4.78, 5) is 16.1. The third-order valence-electron chi connectivity index (χ3n) is 4.26. The highest BCUT2D eigenvalue weighted by atomic mass is 35.5. The lowest BCUT2D eigenvalue weighted by Crippen LogP contribution is -2.35. The summed E-state index contributed by atoms with van der Waals surface area (Å²) in [5, 5.41) is 2.60. The molecule has 0 fully saturated rings. The van der Waals surface area contributed by atoms with E-state index in [2.05, 4.69) is 10.3 Å². The molecule has 0 spiro atoms. The van der Waals surface area contributed by atoms with E-state index in [1.165, 1.54) is 54.1 Å². The summed E-state index contributed by atoms with van der Waals surface area (Å²) in [5.41, 5.74) is 0.0714. The van der Waals surface area contributed by atoms with Crippen molar-refractivity contribution in [1.29, 1.82) is 0 Å². The molecule has 1 aromatic heterocycles. The molecule has 12 heteroatoms. The number of hydrogen-bond donors (Lipinski definition) is 1. The number of nitrogens with zero attached hydrogens (tertiary/aromatic N) is 3. The zero-order valence-corrected chi connectivity index (χ0v) is 19.1. The Labute approximate surface area is 181 Å². The van der Waals surface area contributed by atoms with Crippen LogP contribution in [0.4, 0.5) is 5.69 Å². The molecule has 0 aliphatic heterocycles. The molecule has 1 N–H and O–H groups in total. The highest BCUT2D eigenvalue weighted by Crippen LogP contribution is 2.27. The number of pyridine rings is 1. The van der Waals surface area contributed by atoms with Gasteiger partial charge in [-0.05, 0) is 30.3 Å². The van der Waals surface area contributed by atoms with Crippen molar-refractivity contribution in [2.24, 2.45) is 0 Å². The second-order valence-electron chi connectivity index (χ2n) is 6.23. The molecule has 0 bridgehead atoms. The van der Waals surface area contributed by atoms with Gasteiger partial charge in [0.1, 0.15) is 4.90 Å². The number of amides is 1. The third kappa shape index (κ3) is 5.35. The molecule has 0 aliphatic carbocycles. The van der Waals surface area contributed by atoms with Crippen LogP contribution in [0.15, 0.2) is 52.5 Å². The molecule has 30 heavy (non-hydrogen) atoms. The Bertz CT molecular complexity index is 1100. The van der Waals surface area contributed by atoms with E-state index in [-0.39, 0.29) is 20.5 Å². The predicted octanol–water partition coefficient (Wildman–Crippen LogP) is 2.02. The van der Waals surface area contributed by atoms with Crippen molar-refractivity contribution in [3.63, 3.8) is 0 Å². The Morgan fingerprint density at radius 3 is 2.30 bits per heavy atom. The topological polar surface area (TPSA) is 117 Å². The highest BCUT2D eigenvalue weighted by Gasteiger charge is 2.25. The monoisotopic (exact) mass is 474 g/mol. The lowest BCUT2D eigenvalue weighted by atomic mass is 10.3. The summed E-state index contributed by atoms with van der Waals surface area (Å²) in [6.45, 7) is 3.53. The molecule has 164 valence electrons. The van der Waals surface area contributed by atoms with E-state index in [0.717, 1.165) is 4.31 Å². The second kappa shape index (κ2) is 9.84. The number of sulfonamides is 2. The van der Waals surface area contributed by atoms with Gasteiger partial charge in [-0.25, -0.2) is 16.8 Å². The molecule has 0 saturated carbocycles. The van der Waals surface area contributed by atoms with Gasteiger partial charge in [-0.1, -0.05) is 25.4 Å². The lowest BCUT2D eigenvalue weighted by Gasteiger charge is -2.20. The largest absolute Gasteiger partial charge is 0.324 e. The quantitative estimate of drug-likeness (QED) is 0.594. The molecule has 1 amide bonds. The van der Waals surface area contributed by atoms with Crippen LogP contribution in [0.1, 0.15) is 13.8 Å². The van der Waals surface area contributed by atoms with Crippen LogP contribution in [0, 0.1) is 0 Å².